The summed E-state index contributed by atoms with van der Waals surface area (Å²) in [6.07, 6.45) is 0. The van der Waals surface area contributed by atoms with Crippen LogP contribution in [0.1, 0.15) is 11.3 Å². The molecule has 2 nitrogen and oxygen atoms in total. The number of fused-ring (bicyclic) bond motifs is 1. The highest BCUT2D eigenvalue weighted by atomic mass is 32.2. The predicted molar refractivity (Wildman–Crippen MR) is 86.9 cm³/mol. The van der Waals surface area contributed by atoms with E-state index in [1.54, 1.807) is 17.8 Å². The molecule has 0 fully saturated rings. The largest absolute Gasteiger partial charge is 0.396 e. The van der Waals surface area contributed by atoms with Gasteiger partial charge in [-0.2, -0.15) is 0 Å². The first kappa shape index (κ1) is 13.9. The van der Waals surface area contributed by atoms with Gasteiger partial charge in [0.25, 0.3) is 0 Å². The maximum Gasteiger partial charge on any atom is 0.147 e. The molecule has 2 aromatic carbocycles. The highest BCUT2D eigenvalue weighted by molar-refractivity contribution is 7.98. The van der Waals surface area contributed by atoms with Gasteiger partial charge in [0, 0.05) is 21.7 Å². The fourth-order valence-electron chi connectivity index (χ4n) is 2.27. The Labute approximate surface area is 127 Å². The standard InChI is InChI=1S/C17H15FN2S/c1-11-8-12(14-4-2-3-5-17(14)20-11)10-21-13-6-7-16(19)15(18)9-13/h2-9H,10,19H2,1H3. The Balaban J connectivity index is 1.89. The molecule has 4 heteroatoms. The number of aryl methyl sites for hydroxylation is 1. The number of hydrogen-bond acceptors (Lipinski definition) is 3. The van der Waals surface area contributed by atoms with Crippen molar-refractivity contribution in [2.75, 3.05) is 5.73 Å². The highest BCUT2D eigenvalue weighted by Gasteiger charge is 2.06. The van der Waals surface area contributed by atoms with Crippen LogP contribution in [0.2, 0.25) is 0 Å². The fourth-order valence-corrected chi connectivity index (χ4v) is 3.19. The normalized spacial score (nSPS) is 11.0. The summed E-state index contributed by atoms with van der Waals surface area (Å²) in [4.78, 5) is 5.41. The fraction of sp³-hybridized carbons (Fsp3) is 0.118. The first-order chi connectivity index (χ1) is 10.1. The van der Waals surface area contributed by atoms with Gasteiger partial charge < -0.3 is 5.73 Å². The second kappa shape index (κ2) is 5.74. The molecule has 0 bridgehead atoms. The Bertz CT molecular complexity index is 802. The molecule has 0 amide bonds. The zero-order valence-corrected chi connectivity index (χ0v) is 12.5. The Morgan fingerprint density at radius 2 is 1.95 bits per heavy atom. The Morgan fingerprint density at radius 1 is 1.14 bits per heavy atom. The van der Waals surface area contributed by atoms with Crippen LogP contribution < -0.4 is 5.73 Å². The number of thioether (sulfide) groups is 1. The van der Waals surface area contributed by atoms with E-state index in [2.05, 4.69) is 17.1 Å². The third-order valence-corrected chi connectivity index (χ3v) is 4.34. The van der Waals surface area contributed by atoms with Crippen molar-refractivity contribution in [3.63, 3.8) is 0 Å². The number of para-hydroxylation sites is 1. The summed E-state index contributed by atoms with van der Waals surface area (Å²) in [7, 11) is 0. The van der Waals surface area contributed by atoms with Crippen LogP contribution in [0.15, 0.2) is 53.4 Å². The topological polar surface area (TPSA) is 38.9 Å². The summed E-state index contributed by atoms with van der Waals surface area (Å²) in [6.45, 7) is 1.99. The molecule has 3 rings (SSSR count). The van der Waals surface area contributed by atoms with Crippen molar-refractivity contribution in [1.29, 1.82) is 0 Å². The van der Waals surface area contributed by atoms with Crippen LogP contribution in [0, 0.1) is 12.7 Å². The van der Waals surface area contributed by atoms with Gasteiger partial charge in [-0.05, 0) is 42.8 Å². The molecule has 1 aromatic heterocycles. The second-order valence-electron chi connectivity index (χ2n) is 4.91. The van der Waals surface area contributed by atoms with Gasteiger partial charge in [-0.15, -0.1) is 11.8 Å². The maximum absolute atomic E-state index is 13.5. The van der Waals surface area contributed by atoms with E-state index in [0.717, 1.165) is 27.2 Å². The van der Waals surface area contributed by atoms with Gasteiger partial charge >= 0.3 is 0 Å². The molecule has 0 unspecified atom stereocenters. The van der Waals surface area contributed by atoms with Crippen LogP contribution in [0.5, 0.6) is 0 Å². The molecular formula is C17H15FN2S. The number of nitrogen functional groups attached to an aromatic ring is 1. The van der Waals surface area contributed by atoms with Gasteiger partial charge in [-0.1, -0.05) is 18.2 Å². The van der Waals surface area contributed by atoms with Crippen molar-refractivity contribution < 1.29 is 4.39 Å². The first-order valence-corrected chi connectivity index (χ1v) is 7.65. The number of benzene rings is 2. The number of halogens is 1. The SMILES string of the molecule is Cc1cc(CSc2ccc(N)c(F)c2)c2ccccc2n1. The molecule has 2 N–H and O–H groups in total. The number of nitrogens with two attached hydrogens (primary N) is 1. The number of nitrogens with zero attached hydrogens (tertiary/aromatic N) is 1. The lowest BCUT2D eigenvalue weighted by atomic mass is 10.1. The van der Waals surface area contributed by atoms with E-state index in [4.69, 9.17) is 5.73 Å². The molecule has 0 aliphatic carbocycles. The molecular weight excluding hydrogens is 283 g/mol. The van der Waals surface area contributed by atoms with Crippen LogP contribution in [-0.4, -0.2) is 4.98 Å². The van der Waals surface area contributed by atoms with Crippen molar-refractivity contribution in [3.05, 3.63) is 65.6 Å². The van der Waals surface area contributed by atoms with Crippen LogP contribution in [0.4, 0.5) is 10.1 Å². The molecule has 0 aliphatic rings. The Morgan fingerprint density at radius 3 is 2.76 bits per heavy atom. The van der Waals surface area contributed by atoms with Crippen molar-refractivity contribution in [2.45, 2.75) is 17.6 Å². The number of aromatic nitrogens is 1. The van der Waals surface area contributed by atoms with Gasteiger partial charge in [0.05, 0.1) is 11.2 Å². The second-order valence-corrected chi connectivity index (χ2v) is 5.96. The summed E-state index contributed by atoms with van der Waals surface area (Å²) in [6, 6.07) is 15.1. The minimum atomic E-state index is -0.365. The molecule has 0 spiro atoms. The molecule has 3 aromatic rings. The molecule has 21 heavy (non-hydrogen) atoms. The van der Waals surface area contributed by atoms with E-state index in [-0.39, 0.29) is 11.5 Å². The van der Waals surface area contributed by atoms with Crippen molar-refractivity contribution in [3.8, 4) is 0 Å². The van der Waals surface area contributed by atoms with Crippen LogP contribution in [-0.2, 0) is 5.75 Å². The lowest BCUT2D eigenvalue weighted by Crippen LogP contribution is -1.92. The number of anilines is 1. The van der Waals surface area contributed by atoms with Gasteiger partial charge in [-0.3, -0.25) is 4.98 Å². The van der Waals surface area contributed by atoms with E-state index in [0.29, 0.717) is 0 Å². The summed E-state index contributed by atoms with van der Waals surface area (Å²) >= 11 is 1.60. The van der Waals surface area contributed by atoms with Gasteiger partial charge in [0.2, 0.25) is 0 Å². The van der Waals surface area contributed by atoms with Crippen molar-refractivity contribution >= 4 is 28.4 Å². The molecule has 0 radical (unpaired) electrons. The minimum Gasteiger partial charge on any atom is -0.396 e. The van der Waals surface area contributed by atoms with Gasteiger partial charge in [0.1, 0.15) is 5.82 Å². The van der Waals surface area contributed by atoms with E-state index >= 15 is 0 Å². The van der Waals surface area contributed by atoms with E-state index < -0.39 is 0 Å². The van der Waals surface area contributed by atoms with Crippen LogP contribution in [0.25, 0.3) is 10.9 Å². The zero-order valence-electron chi connectivity index (χ0n) is 11.6. The number of hydrogen-bond donors (Lipinski definition) is 1. The summed E-state index contributed by atoms with van der Waals surface area (Å²) in [5, 5.41) is 1.14. The van der Waals surface area contributed by atoms with Crippen molar-refractivity contribution in [1.82, 2.24) is 4.98 Å². The van der Waals surface area contributed by atoms with Crippen LogP contribution in [0.3, 0.4) is 0 Å². The van der Waals surface area contributed by atoms with E-state index in [1.807, 2.05) is 31.2 Å². The van der Waals surface area contributed by atoms with Gasteiger partial charge in [-0.25, -0.2) is 4.39 Å². The first-order valence-electron chi connectivity index (χ1n) is 6.66. The van der Waals surface area contributed by atoms with Crippen LogP contribution >= 0.6 is 11.8 Å². The summed E-state index contributed by atoms with van der Waals surface area (Å²) in [5.41, 5.74) is 8.88. The third kappa shape index (κ3) is 3.00. The molecule has 1 heterocycles. The van der Waals surface area contributed by atoms with Gasteiger partial charge in [0.15, 0.2) is 0 Å². The Hall–Kier alpha value is -2.07. The zero-order chi connectivity index (χ0) is 14.8. The minimum absolute atomic E-state index is 0.185. The summed E-state index contributed by atoms with van der Waals surface area (Å²) < 4.78 is 13.5. The summed E-state index contributed by atoms with van der Waals surface area (Å²) in [5.74, 6) is 0.406. The highest BCUT2D eigenvalue weighted by Crippen LogP contribution is 2.28. The molecule has 0 saturated heterocycles. The molecule has 0 atom stereocenters. The number of rotatable bonds is 3. The predicted octanol–water partition coefficient (Wildman–Crippen LogP) is 4.56. The average Bonchev–Trinajstić information content (AvgIpc) is 2.48. The lowest BCUT2D eigenvalue weighted by Gasteiger charge is -2.08. The molecule has 106 valence electrons. The third-order valence-electron chi connectivity index (χ3n) is 3.30. The maximum atomic E-state index is 13.5. The van der Waals surface area contributed by atoms with Crippen molar-refractivity contribution in [2.24, 2.45) is 0 Å². The average molecular weight is 298 g/mol. The number of pyridine rings is 1. The van der Waals surface area contributed by atoms with E-state index in [1.165, 1.54) is 11.6 Å². The lowest BCUT2D eigenvalue weighted by molar-refractivity contribution is 0.629. The quantitative estimate of drug-likeness (QED) is 0.569. The molecule has 0 saturated carbocycles. The monoisotopic (exact) mass is 298 g/mol. The molecule has 0 aliphatic heterocycles. The Kier molecular flexibility index (Phi) is 3.80. The van der Waals surface area contributed by atoms with E-state index in [9.17, 15) is 4.39 Å². The smallest absolute Gasteiger partial charge is 0.147 e.